The van der Waals surface area contributed by atoms with Gasteiger partial charge < -0.3 is 15.4 Å². The molecule has 1 atom stereocenters. The number of amides is 2. The maximum absolute atomic E-state index is 11.5. The Hall–Kier alpha value is -1.55. The number of carbonyl (C=O) groups is 1. The monoisotopic (exact) mass is 222 g/mol. The molecule has 1 rings (SSSR count). The summed E-state index contributed by atoms with van der Waals surface area (Å²) in [6.45, 7) is 4.37. The van der Waals surface area contributed by atoms with Crippen LogP contribution >= 0.6 is 0 Å². The Morgan fingerprint density at radius 2 is 2.25 bits per heavy atom. The molecule has 2 N–H and O–H groups in total. The number of benzene rings is 1. The molecule has 0 radical (unpaired) electrons. The number of anilines is 1. The standard InChI is InChI=1S/C12H18N2O2/c1-9-5-4-6-11(7-9)14-12(15)13-10(2)8-16-3/h4-7,10H,8H2,1-3H3,(H2,13,14,15)/t10-/m0/s1. The molecule has 0 heterocycles. The van der Waals surface area contributed by atoms with Crippen molar-refractivity contribution in [3.8, 4) is 0 Å². The van der Waals surface area contributed by atoms with Gasteiger partial charge in [0.15, 0.2) is 0 Å². The van der Waals surface area contributed by atoms with E-state index in [2.05, 4.69) is 10.6 Å². The molecule has 0 aliphatic rings. The second-order valence-electron chi connectivity index (χ2n) is 3.82. The van der Waals surface area contributed by atoms with Crippen LogP contribution in [0.2, 0.25) is 0 Å². The first-order chi connectivity index (χ1) is 7.61. The smallest absolute Gasteiger partial charge is 0.319 e. The van der Waals surface area contributed by atoms with Gasteiger partial charge in [-0.15, -0.1) is 0 Å². The summed E-state index contributed by atoms with van der Waals surface area (Å²) in [5.41, 5.74) is 1.91. The summed E-state index contributed by atoms with van der Waals surface area (Å²) in [7, 11) is 1.61. The Bertz CT molecular complexity index is 353. The van der Waals surface area contributed by atoms with Crippen molar-refractivity contribution in [2.24, 2.45) is 0 Å². The molecule has 0 aliphatic heterocycles. The van der Waals surface area contributed by atoms with Gasteiger partial charge in [-0.05, 0) is 31.5 Å². The minimum atomic E-state index is -0.213. The molecule has 0 spiro atoms. The van der Waals surface area contributed by atoms with E-state index in [4.69, 9.17) is 4.74 Å². The molecular weight excluding hydrogens is 204 g/mol. The molecule has 0 saturated heterocycles. The molecule has 88 valence electrons. The van der Waals surface area contributed by atoms with Crippen LogP contribution < -0.4 is 10.6 Å². The Morgan fingerprint density at radius 3 is 2.88 bits per heavy atom. The zero-order chi connectivity index (χ0) is 12.0. The number of ether oxygens (including phenoxy) is 1. The highest BCUT2D eigenvalue weighted by atomic mass is 16.5. The number of carbonyl (C=O) groups excluding carboxylic acids is 1. The minimum Gasteiger partial charge on any atom is -0.383 e. The van der Waals surface area contributed by atoms with Crippen molar-refractivity contribution in [2.75, 3.05) is 19.0 Å². The predicted octanol–water partition coefficient (Wildman–Crippen LogP) is 2.15. The molecular formula is C12H18N2O2. The van der Waals surface area contributed by atoms with Gasteiger partial charge in [-0.3, -0.25) is 0 Å². The van der Waals surface area contributed by atoms with Gasteiger partial charge in [0, 0.05) is 12.8 Å². The summed E-state index contributed by atoms with van der Waals surface area (Å²) >= 11 is 0. The molecule has 2 amide bonds. The number of hydrogen-bond donors (Lipinski definition) is 2. The Labute approximate surface area is 96.0 Å². The quantitative estimate of drug-likeness (QED) is 0.820. The zero-order valence-electron chi connectivity index (χ0n) is 9.91. The van der Waals surface area contributed by atoms with E-state index < -0.39 is 0 Å². The maximum atomic E-state index is 11.5. The van der Waals surface area contributed by atoms with Crippen LogP contribution in [-0.4, -0.2) is 25.8 Å². The Morgan fingerprint density at radius 1 is 1.50 bits per heavy atom. The van der Waals surface area contributed by atoms with Gasteiger partial charge in [0.05, 0.1) is 12.6 Å². The molecule has 4 heteroatoms. The highest BCUT2D eigenvalue weighted by molar-refractivity contribution is 5.89. The lowest BCUT2D eigenvalue weighted by Gasteiger charge is -2.13. The van der Waals surface area contributed by atoms with E-state index >= 15 is 0 Å². The van der Waals surface area contributed by atoms with E-state index in [0.717, 1.165) is 11.3 Å². The predicted molar refractivity (Wildman–Crippen MR) is 64.7 cm³/mol. The van der Waals surface area contributed by atoms with Crippen LogP contribution in [0.15, 0.2) is 24.3 Å². The largest absolute Gasteiger partial charge is 0.383 e. The van der Waals surface area contributed by atoms with Gasteiger partial charge >= 0.3 is 6.03 Å². The second-order valence-corrected chi connectivity index (χ2v) is 3.82. The molecule has 4 nitrogen and oxygen atoms in total. The fourth-order valence-corrected chi connectivity index (χ4v) is 1.41. The topological polar surface area (TPSA) is 50.4 Å². The Balaban J connectivity index is 2.45. The highest BCUT2D eigenvalue weighted by Gasteiger charge is 2.06. The number of urea groups is 1. The lowest BCUT2D eigenvalue weighted by atomic mass is 10.2. The van der Waals surface area contributed by atoms with Gasteiger partial charge in [-0.1, -0.05) is 12.1 Å². The van der Waals surface area contributed by atoms with Crippen LogP contribution in [-0.2, 0) is 4.74 Å². The summed E-state index contributed by atoms with van der Waals surface area (Å²) in [5.74, 6) is 0. The SMILES string of the molecule is COC[C@H](C)NC(=O)Nc1cccc(C)c1. The number of nitrogens with one attached hydrogen (secondary N) is 2. The van der Waals surface area contributed by atoms with Crippen LogP contribution in [0.1, 0.15) is 12.5 Å². The molecule has 0 aliphatic carbocycles. The molecule has 0 unspecified atom stereocenters. The van der Waals surface area contributed by atoms with Crippen LogP contribution in [0.5, 0.6) is 0 Å². The zero-order valence-corrected chi connectivity index (χ0v) is 9.91. The van der Waals surface area contributed by atoms with Gasteiger partial charge in [-0.2, -0.15) is 0 Å². The molecule has 1 aromatic rings. The van der Waals surface area contributed by atoms with Crippen LogP contribution in [0.3, 0.4) is 0 Å². The van der Waals surface area contributed by atoms with Crippen LogP contribution in [0.4, 0.5) is 10.5 Å². The van der Waals surface area contributed by atoms with E-state index in [1.54, 1.807) is 7.11 Å². The first-order valence-corrected chi connectivity index (χ1v) is 5.25. The van der Waals surface area contributed by atoms with Crippen molar-refractivity contribution in [1.82, 2.24) is 5.32 Å². The average Bonchev–Trinajstić information content (AvgIpc) is 2.17. The summed E-state index contributed by atoms with van der Waals surface area (Å²) in [6, 6.07) is 7.44. The molecule has 0 fully saturated rings. The van der Waals surface area contributed by atoms with Crippen molar-refractivity contribution in [3.63, 3.8) is 0 Å². The number of methoxy groups -OCH3 is 1. The first-order valence-electron chi connectivity index (χ1n) is 5.25. The van der Waals surface area contributed by atoms with E-state index in [0.29, 0.717) is 6.61 Å². The summed E-state index contributed by atoms with van der Waals surface area (Å²) in [6.07, 6.45) is 0. The van der Waals surface area contributed by atoms with E-state index in [-0.39, 0.29) is 12.1 Å². The maximum Gasteiger partial charge on any atom is 0.319 e. The highest BCUT2D eigenvalue weighted by Crippen LogP contribution is 2.08. The lowest BCUT2D eigenvalue weighted by Crippen LogP contribution is -2.38. The second kappa shape index (κ2) is 6.12. The third-order valence-electron chi connectivity index (χ3n) is 2.07. The van der Waals surface area contributed by atoms with Gasteiger partial charge in [-0.25, -0.2) is 4.79 Å². The normalized spacial score (nSPS) is 11.9. The molecule has 0 saturated carbocycles. The molecule has 16 heavy (non-hydrogen) atoms. The fourth-order valence-electron chi connectivity index (χ4n) is 1.41. The molecule has 0 aromatic heterocycles. The van der Waals surface area contributed by atoms with Crippen LogP contribution in [0, 0.1) is 6.92 Å². The summed E-state index contributed by atoms with van der Waals surface area (Å²) < 4.78 is 4.93. The number of hydrogen-bond acceptors (Lipinski definition) is 2. The fraction of sp³-hybridized carbons (Fsp3) is 0.417. The lowest BCUT2D eigenvalue weighted by molar-refractivity contribution is 0.173. The third-order valence-corrected chi connectivity index (χ3v) is 2.07. The average molecular weight is 222 g/mol. The summed E-state index contributed by atoms with van der Waals surface area (Å²) in [5, 5.41) is 5.54. The van der Waals surface area contributed by atoms with E-state index in [1.807, 2.05) is 38.1 Å². The van der Waals surface area contributed by atoms with Crippen molar-refractivity contribution in [1.29, 1.82) is 0 Å². The van der Waals surface area contributed by atoms with Gasteiger partial charge in [0.25, 0.3) is 0 Å². The third kappa shape index (κ3) is 4.31. The number of aryl methyl sites for hydroxylation is 1. The number of rotatable bonds is 4. The van der Waals surface area contributed by atoms with Crippen molar-refractivity contribution in [2.45, 2.75) is 19.9 Å². The van der Waals surface area contributed by atoms with Crippen molar-refractivity contribution >= 4 is 11.7 Å². The summed E-state index contributed by atoms with van der Waals surface area (Å²) in [4.78, 5) is 11.5. The van der Waals surface area contributed by atoms with Gasteiger partial charge in [0.1, 0.15) is 0 Å². The van der Waals surface area contributed by atoms with Crippen molar-refractivity contribution < 1.29 is 9.53 Å². The van der Waals surface area contributed by atoms with Crippen LogP contribution in [0.25, 0.3) is 0 Å². The first kappa shape index (κ1) is 12.5. The van der Waals surface area contributed by atoms with E-state index in [9.17, 15) is 4.79 Å². The van der Waals surface area contributed by atoms with Gasteiger partial charge in [0.2, 0.25) is 0 Å². The molecule has 1 aromatic carbocycles. The van der Waals surface area contributed by atoms with Crippen molar-refractivity contribution in [3.05, 3.63) is 29.8 Å². The molecule has 0 bridgehead atoms. The minimum absolute atomic E-state index is 0.00481. The van der Waals surface area contributed by atoms with E-state index in [1.165, 1.54) is 0 Å². The Kier molecular flexibility index (Phi) is 4.79.